The Kier molecular flexibility index (Phi) is 3.32. The number of nitrogens with zero attached hydrogens (tertiary/aromatic N) is 2. The fraction of sp³-hybridized carbons (Fsp3) is 0.211. The van der Waals surface area contributed by atoms with Crippen molar-refractivity contribution in [3.63, 3.8) is 0 Å². The van der Waals surface area contributed by atoms with Crippen LogP contribution in [0.1, 0.15) is 28.7 Å². The molecular formula is C19H14FN3O2. The average molecular weight is 335 g/mol. The highest BCUT2D eigenvalue weighted by Gasteiger charge is 2.55. The van der Waals surface area contributed by atoms with E-state index >= 15 is 0 Å². The maximum absolute atomic E-state index is 13.5. The van der Waals surface area contributed by atoms with Crippen LogP contribution < -0.4 is 5.32 Å². The molecule has 0 bridgehead atoms. The SMILES string of the molecule is N#Cc1cc(CN2C(=O)NC3(CCc4ccccc43)C2=O)ccc1F. The van der Waals surface area contributed by atoms with Gasteiger partial charge in [-0.2, -0.15) is 5.26 Å². The molecule has 2 aliphatic rings. The lowest BCUT2D eigenvalue weighted by Gasteiger charge is -2.22. The molecule has 2 aromatic rings. The number of carbonyl (C=O) groups is 2. The molecule has 1 N–H and O–H groups in total. The molecular weight excluding hydrogens is 321 g/mol. The summed E-state index contributed by atoms with van der Waals surface area (Å²) in [5.41, 5.74) is 1.32. The van der Waals surface area contributed by atoms with Gasteiger partial charge in [-0.1, -0.05) is 30.3 Å². The summed E-state index contributed by atoms with van der Waals surface area (Å²) in [6, 6.07) is 12.9. The van der Waals surface area contributed by atoms with Crippen molar-refractivity contribution in [2.24, 2.45) is 0 Å². The van der Waals surface area contributed by atoms with Crippen LogP contribution >= 0.6 is 0 Å². The van der Waals surface area contributed by atoms with Crippen LogP contribution in [0.3, 0.4) is 0 Å². The van der Waals surface area contributed by atoms with E-state index in [2.05, 4.69) is 5.32 Å². The fourth-order valence-electron chi connectivity index (χ4n) is 3.67. The monoisotopic (exact) mass is 335 g/mol. The van der Waals surface area contributed by atoms with E-state index in [-0.39, 0.29) is 18.0 Å². The van der Waals surface area contributed by atoms with E-state index < -0.39 is 17.4 Å². The smallest absolute Gasteiger partial charge is 0.319 e. The lowest BCUT2D eigenvalue weighted by Crippen LogP contribution is -2.41. The molecule has 0 aromatic heterocycles. The minimum atomic E-state index is -1.01. The number of carbonyl (C=O) groups excluding carboxylic acids is 2. The van der Waals surface area contributed by atoms with E-state index in [1.165, 1.54) is 18.2 Å². The number of nitrogens with one attached hydrogen (secondary N) is 1. The van der Waals surface area contributed by atoms with E-state index in [4.69, 9.17) is 5.26 Å². The van der Waals surface area contributed by atoms with Crippen LogP contribution in [0.5, 0.6) is 0 Å². The van der Waals surface area contributed by atoms with Crippen molar-refractivity contribution in [2.45, 2.75) is 24.9 Å². The first kappa shape index (κ1) is 15.3. The summed E-state index contributed by atoms with van der Waals surface area (Å²) in [4.78, 5) is 26.6. The fourth-order valence-corrected chi connectivity index (χ4v) is 3.67. The molecule has 6 heteroatoms. The second-order valence-electron chi connectivity index (χ2n) is 6.31. The van der Waals surface area contributed by atoms with Crippen LogP contribution in [0.2, 0.25) is 0 Å². The Hall–Kier alpha value is -3.20. The molecule has 124 valence electrons. The highest BCUT2D eigenvalue weighted by Crippen LogP contribution is 2.41. The van der Waals surface area contributed by atoms with Crippen LogP contribution in [-0.2, 0) is 23.3 Å². The number of urea groups is 1. The van der Waals surface area contributed by atoms with Crippen LogP contribution in [0.15, 0.2) is 42.5 Å². The van der Waals surface area contributed by atoms with Crippen molar-refractivity contribution in [1.29, 1.82) is 5.26 Å². The number of hydrogen-bond acceptors (Lipinski definition) is 3. The predicted molar refractivity (Wildman–Crippen MR) is 86.6 cm³/mol. The molecule has 2 aromatic carbocycles. The van der Waals surface area contributed by atoms with Gasteiger partial charge in [0.1, 0.15) is 17.4 Å². The van der Waals surface area contributed by atoms with Crippen molar-refractivity contribution in [3.8, 4) is 6.07 Å². The van der Waals surface area contributed by atoms with E-state index in [9.17, 15) is 14.0 Å². The Balaban J connectivity index is 1.66. The Bertz CT molecular complexity index is 950. The third-order valence-electron chi connectivity index (χ3n) is 4.91. The topological polar surface area (TPSA) is 73.2 Å². The number of nitriles is 1. The van der Waals surface area contributed by atoms with E-state index in [0.29, 0.717) is 12.0 Å². The molecule has 0 saturated carbocycles. The zero-order valence-electron chi connectivity index (χ0n) is 13.3. The van der Waals surface area contributed by atoms with Gasteiger partial charge in [0.05, 0.1) is 12.1 Å². The van der Waals surface area contributed by atoms with Crippen molar-refractivity contribution < 1.29 is 14.0 Å². The molecule has 1 saturated heterocycles. The standard InChI is InChI=1S/C19H14FN3O2/c20-16-6-5-12(9-14(16)10-21)11-23-17(24)19(22-18(23)25)8-7-13-3-1-2-4-15(13)19/h1-6,9H,7-8,11H2,(H,22,25). The number of benzene rings is 2. The predicted octanol–water partition coefficient (Wildman–Crippen LogP) is 2.59. The Morgan fingerprint density at radius 1 is 1.24 bits per heavy atom. The summed E-state index contributed by atoms with van der Waals surface area (Å²) < 4.78 is 13.5. The quantitative estimate of drug-likeness (QED) is 0.857. The average Bonchev–Trinajstić information content (AvgIpc) is 3.10. The molecule has 1 aliphatic carbocycles. The minimum Gasteiger partial charge on any atom is -0.319 e. The highest BCUT2D eigenvalue weighted by atomic mass is 19.1. The van der Waals surface area contributed by atoms with Gasteiger partial charge < -0.3 is 5.32 Å². The minimum absolute atomic E-state index is 0.00352. The summed E-state index contributed by atoms with van der Waals surface area (Å²) in [5, 5.41) is 11.8. The highest BCUT2D eigenvalue weighted by molar-refractivity contribution is 6.08. The van der Waals surface area contributed by atoms with Crippen LogP contribution in [0, 0.1) is 17.1 Å². The molecule has 4 rings (SSSR count). The van der Waals surface area contributed by atoms with Gasteiger partial charge in [0.25, 0.3) is 5.91 Å². The number of aryl methyl sites for hydroxylation is 1. The number of fused-ring (bicyclic) bond motifs is 2. The maximum atomic E-state index is 13.5. The van der Waals surface area contributed by atoms with Crippen molar-refractivity contribution in [2.75, 3.05) is 0 Å². The van der Waals surface area contributed by atoms with Gasteiger partial charge in [0.15, 0.2) is 0 Å². The Morgan fingerprint density at radius 2 is 2.04 bits per heavy atom. The summed E-state index contributed by atoms with van der Waals surface area (Å²) in [6.45, 7) is 0.00352. The first-order valence-electron chi connectivity index (χ1n) is 7.96. The summed E-state index contributed by atoms with van der Waals surface area (Å²) in [5.74, 6) is -0.921. The number of hydrogen-bond donors (Lipinski definition) is 1. The van der Waals surface area contributed by atoms with Crippen LogP contribution in [-0.4, -0.2) is 16.8 Å². The van der Waals surface area contributed by atoms with Crippen LogP contribution in [0.25, 0.3) is 0 Å². The normalized spacial score (nSPS) is 21.4. The van der Waals surface area contributed by atoms with Gasteiger partial charge in [-0.15, -0.1) is 0 Å². The first-order chi connectivity index (χ1) is 12.0. The molecule has 0 radical (unpaired) electrons. The molecule has 3 amide bonds. The third kappa shape index (κ3) is 2.20. The molecule has 1 spiro atoms. The van der Waals surface area contributed by atoms with Gasteiger partial charge in [0, 0.05) is 0 Å². The van der Waals surface area contributed by atoms with Gasteiger partial charge in [-0.3, -0.25) is 9.69 Å². The molecule has 1 heterocycles. The maximum Gasteiger partial charge on any atom is 0.325 e. The summed E-state index contributed by atoms with van der Waals surface area (Å²) in [7, 11) is 0. The molecule has 5 nitrogen and oxygen atoms in total. The molecule has 25 heavy (non-hydrogen) atoms. The zero-order valence-corrected chi connectivity index (χ0v) is 13.3. The second-order valence-corrected chi connectivity index (χ2v) is 6.31. The number of imide groups is 1. The first-order valence-corrected chi connectivity index (χ1v) is 7.96. The van der Waals surface area contributed by atoms with Crippen molar-refractivity contribution in [3.05, 3.63) is 70.5 Å². The van der Waals surface area contributed by atoms with Crippen LogP contribution in [0.4, 0.5) is 9.18 Å². The van der Waals surface area contributed by atoms with E-state index in [1.807, 2.05) is 24.3 Å². The van der Waals surface area contributed by atoms with Gasteiger partial charge in [-0.05, 0) is 41.7 Å². The van der Waals surface area contributed by atoms with E-state index in [0.717, 1.165) is 22.4 Å². The van der Waals surface area contributed by atoms with Gasteiger partial charge in [0.2, 0.25) is 0 Å². The number of halogens is 1. The van der Waals surface area contributed by atoms with E-state index in [1.54, 1.807) is 6.07 Å². The lowest BCUT2D eigenvalue weighted by atomic mass is 9.92. The molecule has 1 unspecified atom stereocenters. The molecule has 1 aliphatic heterocycles. The second kappa shape index (κ2) is 5.42. The Labute approximate surface area is 143 Å². The van der Waals surface area contributed by atoms with Gasteiger partial charge >= 0.3 is 6.03 Å². The molecule has 1 fully saturated rings. The van der Waals surface area contributed by atoms with Gasteiger partial charge in [-0.25, -0.2) is 9.18 Å². The van der Waals surface area contributed by atoms with Crippen molar-refractivity contribution >= 4 is 11.9 Å². The third-order valence-corrected chi connectivity index (χ3v) is 4.91. The molecule has 1 atom stereocenters. The Morgan fingerprint density at radius 3 is 2.84 bits per heavy atom. The zero-order chi connectivity index (χ0) is 17.6. The largest absolute Gasteiger partial charge is 0.325 e. The number of rotatable bonds is 2. The summed E-state index contributed by atoms with van der Waals surface area (Å²) >= 11 is 0. The lowest BCUT2D eigenvalue weighted by molar-refractivity contribution is -0.132. The summed E-state index contributed by atoms with van der Waals surface area (Å²) in [6.07, 6.45) is 1.26. The van der Waals surface area contributed by atoms with Crippen molar-refractivity contribution in [1.82, 2.24) is 10.2 Å². The number of amides is 3.